The number of nitrogens with one attached hydrogen (secondary N) is 1. The highest BCUT2D eigenvalue weighted by molar-refractivity contribution is 5.91. The van der Waals surface area contributed by atoms with Crippen LogP contribution in [-0.4, -0.2) is 23.1 Å². The Hall–Kier alpha value is -3.14. The molecular formula is C25H27N3O. The van der Waals surface area contributed by atoms with Gasteiger partial charge in [0.2, 0.25) is 0 Å². The normalized spacial score (nSPS) is 11.1. The van der Waals surface area contributed by atoms with Crippen molar-refractivity contribution in [2.75, 3.05) is 18.5 Å². The van der Waals surface area contributed by atoms with Crippen LogP contribution in [0.4, 0.5) is 5.69 Å². The van der Waals surface area contributed by atoms with Crippen molar-refractivity contribution in [1.29, 1.82) is 0 Å². The Morgan fingerprint density at radius 1 is 0.759 bits per heavy atom. The van der Waals surface area contributed by atoms with Crippen LogP contribution >= 0.6 is 0 Å². The maximum atomic E-state index is 6.07. The number of pyridine rings is 2. The molecule has 0 aliphatic carbocycles. The van der Waals surface area contributed by atoms with Crippen LogP contribution in [0.1, 0.15) is 30.7 Å². The fraction of sp³-hybridized carbons (Fsp3) is 0.280. The van der Waals surface area contributed by atoms with Crippen LogP contribution in [-0.2, 0) is 0 Å². The summed E-state index contributed by atoms with van der Waals surface area (Å²) in [5, 5.41) is 5.84. The summed E-state index contributed by atoms with van der Waals surface area (Å²) in [6.07, 6.45) is 3.26. The monoisotopic (exact) mass is 385 g/mol. The fourth-order valence-electron chi connectivity index (χ4n) is 3.65. The molecule has 4 heteroatoms. The van der Waals surface area contributed by atoms with Gasteiger partial charge < -0.3 is 10.1 Å². The molecule has 148 valence electrons. The van der Waals surface area contributed by atoms with Gasteiger partial charge in [-0.1, -0.05) is 30.3 Å². The SMILES string of the molecule is Cc1cc(NCCCCCOc2cc(C)nc3ccccc23)c2ccccc2n1. The summed E-state index contributed by atoms with van der Waals surface area (Å²) in [6.45, 7) is 5.73. The van der Waals surface area contributed by atoms with Crippen molar-refractivity contribution in [2.45, 2.75) is 33.1 Å². The lowest BCUT2D eigenvalue weighted by atomic mass is 10.1. The topological polar surface area (TPSA) is 47.0 Å². The van der Waals surface area contributed by atoms with Crippen LogP contribution in [0.5, 0.6) is 5.75 Å². The first kappa shape index (κ1) is 19.2. The minimum absolute atomic E-state index is 0.727. The van der Waals surface area contributed by atoms with Crippen LogP contribution in [0.15, 0.2) is 60.7 Å². The molecule has 2 heterocycles. The number of ether oxygens (including phenoxy) is 1. The lowest BCUT2D eigenvalue weighted by molar-refractivity contribution is 0.309. The molecule has 0 unspecified atom stereocenters. The second-order valence-electron chi connectivity index (χ2n) is 7.44. The van der Waals surface area contributed by atoms with Gasteiger partial charge in [0.15, 0.2) is 0 Å². The molecule has 2 aromatic carbocycles. The van der Waals surface area contributed by atoms with E-state index >= 15 is 0 Å². The average molecular weight is 386 g/mol. The molecule has 29 heavy (non-hydrogen) atoms. The maximum absolute atomic E-state index is 6.07. The largest absolute Gasteiger partial charge is 0.493 e. The second-order valence-corrected chi connectivity index (χ2v) is 7.44. The van der Waals surface area contributed by atoms with E-state index < -0.39 is 0 Å². The van der Waals surface area contributed by atoms with Gasteiger partial charge in [0, 0.05) is 40.5 Å². The lowest BCUT2D eigenvalue weighted by Crippen LogP contribution is -2.05. The Morgan fingerprint density at radius 3 is 2.21 bits per heavy atom. The molecule has 0 radical (unpaired) electrons. The van der Waals surface area contributed by atoms with Crippen molar-refractivity contribution in [2.24, 2.45) is 0 Å². The highest BCUT2D eigenvalue weighted by Gasteiger charge is 2.05. The van der Waals surface area contributed by atoms with Crippen molar-refractivity contribution >= 4 is 27.5 Å². The maximum Gasteiger partial charge on any atom is 0.130 e. The standard InChI is InChI=1S/C25H27N3O/c1-18-16-24(20-10-4-6-12-22(20)27-18)26-14-8-3-9-15-29-25-17-19(2)28-23-13-7-5-11-21(23)25/h4-7,10-13,16-17H,3,8-9,14-15H2,1-2H3,(H,26,27). The predicted molar refractivity (Wildman–Crippen MR) is 121 cm³/mol. The Labute approximate surface area is 172 Å². The number of aryl methyl sites for hydroxylation is 2. The van der Waals surface area contributed by atoms with E-state index in [0.717, 1.165) is 66.0 Å². The number of hydrogen-bond donors (Lipinski definition) is 1. The van der Waals surface area contributed by atoms with E-state index in [1.54, 1.807) is 0 Å². The Morgan fingerprint density at radius 2 is 1.41 bits per heavy atom. The minimum Gasteiger partial charge on any atom is -0.493 e. The van der Waals surface area contributed by atoms with E-state index in [4.69, 9.17) is 4.74 Å². The number of nitrogens with zero attached hydrogens (tertiary/aromatic N) is 2. The second kappa shape index (κ2) is 8.91. The molecule has 0 aliphatic heterocycles. The Balaban J connectivity index is 1.25. The number of anilines is 1. The zero-order valence-electron chi connectivity index (χ0n) is 17.1. The fourth-order valence-corrected chi connectivity index (χ4v) is 3.65. The summed E-state index contributed by atoms with van der Waals surface area (Å²) >= 11 is 0. The first-order chi connectivity index (χ1) is 14.2. The molecule has 4 rings (SSSR count). The predicted octanol–water partition coefficient (Wildman–Crippen LogP) is 6.06. The minimum atomic E-state index is 0.727. The molecule has 4 nitrogen and oxygen atoms in total. The lowest BCUT2D eigenvalue weighted by Gasteiger charge is -2.12. The zero-order valence-corrected chi connectivity index (χ0v) is 17.1. The van der Waals surface area contributed by atoms with Crippen LogP contribution in [0, 0.1) is 13.8 Å². The number of unbranched alkanes of at least 4 members (excludes halogenated alkanes) is 2. The van der Waals surface area contributed by atoms with Gasteiger partial charge in [-0.15, -0.1) is 0 Å². The van der Waals surface area contributed by atoms with Gasteiger partial charge in [-0.3, -0.25) is 9.97 Å². The third-order valence-corrected chi connectivity index (χ3v) is 5.04. The number of rotatable bonds is 8. The van der Waals surface area contributed by atoms with Crippen molar-refractivity contribution in [1.82, 2.24) is 9.97 Å². The molecular weight excluding hydrogens is 358 g/mol. The highest BCUT2D eigenvalue weighted by Crippen LogP contribution is 2.25. The molecule has 0 spiro atoms. The number of benzene rings is 2. The van der Waals surface area contributed by atoms with Crippen molar-refractivity contribution in [3.05, 3.63) is 72.1 Å². The van der Waals surface area contributed by atoms with Crippen molar-refractivity contribution in [3.8, 4) is 5.75 Å². The summed E-state index contributed by atoms with van der Waals surface area (Å²) in [5.41, 5.74) is 5.24. The van der Waals surface area contributed by atoms with E-state index in [2.05, 4.69) is 45.6 Å². The van der Waals surface area contributed by atoms with Gasteiger partial charge in [0.1, 0.15) is 5.75 Å². The van der Waals surface area contributed by atoms with Crippen molar-refractivity contribution in [3.63, 3.8) is 0 Å². The molecule has 2 aromatic heterocycles. The van der Waals surface area contributed by atoms with Gasteiger partial charge in [-0.2, -0.15) is 0 Å². The van der Waals surface area contributed by atoms with Crippen LogP contribution in [0.25, 0.3) is 21.8 Å². The Bertz CT molecular complexity index is 1030. The van der Waals surface area contributed by atoms with Gasteiger partial charge in [-0.25, -0.2) is 0 Å². The van der Waals surface area contributed by atoms with Gasteiger partial charge in [-0.05, 0) is 57.4 Å². The van der Waals surface area contributed by atoms with Crippen LogP contribution in [0.3, 0.4) is 0 Å². The summed E-state index contributed by atoms with van der Waals surface area (Å²) in [6, 6.07) is 20.6. The summed E-state index contributed by atoms with van der Waals surface area (Å²) in [5.74, 6) is 0.935. The molecule has 0 atom stereocenters. The van der Waals surface area contributed by atoms with Gasteiger partial charge >= 0.3 is 0 Å². The summed E-state index contributed by atoms with van der Waals surface area (Å²) < 4.78 is 6.07. The molecule has 4 aromatic rings. The summed E-state index contributed by atoms with van der Waals surface area (Å²) in [4.78, 5) is 9.17. The third-order valence-electron chi connectivity index (χ3n) is 5.04. The molecule has 0 aliphatic rings. The van der Waals surface area contributed by atoms with Gasteiger partial charge in [0.25, 0.3) is 0 Å². The first-order valence-corrected chi connectivity index (χ1v) is 10.3. The third kappa shape index (κ3) is 4.65. The Kier molecular flexibility index (Phi) is 5.89. The van der Waals surface area contributed by atoms with Crippen LogP contribution < -0.4 is 10.1 Å². The average Bonchev–Trinajstić information content (AvgIpc) is 2.72. The smallest absolute Gasteiger partial charge is 0.130 e. The van der Waals surface area contributed by atoms with E-state index in [1.165, 1.54) is 11.1 Å². The molecule has 0 fully saturated rings. The number of fused-ring (bicyclic) bond motifs is 2. The molecule has 0 bridgehead atoms. The molecule has 0 saturated carbocycles. The van der Waals surface area contributed by atoms with Crippen molar-refractivity contribution < 1.29 is 4.74 Å². The van der Waals surface area contributed by atoms with Crippen LogP contribution in [0.2, 0.25) is 0 Å². The zero-order chi connectivity index (χ0) is 20.1. The molecule has 0 saturated heterocycles. The quantitative estimate of drug-likeness (QED) is 0.374. The van der Waals surface area contributed by atoms with E-state index in [-0.39, 0.29) is 0 Å². The highest BCUT2D eigenvalue weighted by atomic mass is 16.5. The van der Waals surface area contributed by atoms with E-state index in [0.29, 0.717) is 0 Å². The number of para-hydroxylation sites is 2. The molecule has 1 N–H and O–H groups in total. The van der Waals surface area contributed by atoms with E-state index in [1.807, 2.05) is 44.2 Å². The van der Waals surface area contributed by atoms with E-state index in [9.17, 15) is 0 Å². The summed E-state index contributed by atoms with van der Waals surface area (Å²) in [7, 11) is 0. The molecule has 0 amide bonds. The number of hydrogen-bond acceptors (Lipinski definition) is 4. The number of aromatic nitrogens is 2. The van der Waals surface area contributed by atoms with Gasteiger partial charge in [0.05, 0.1) is 17.6 Å². The first-order valence-electron chi connectivity index (χ1n) is 10.3.